The van der Waals surface area contributed by atoms with Gasteiger partial charge in [-0.3, -0.25) is 5.10 Å². The van der Waals surface area contributed by atoms with Crippen molar-refractivity contribution in [2.45, 2.75) is 11.4 Å². The molecule has 7 nitrogen and oxygen atoms in total. The molecule has 0 spiro atoms. The summed E-state index contributed by atoms with van der Waals surface area (Å²) in [6.07, 6.45) is 3.16. The lowest BCUT2D eigenvalue weighted by atomic mass is 10.3. The fourth-order valence-electron chi connectivity index (χ4n) is 1.49. The van der Waals surface area contributed by atoms with Crippen LogP contribution in [-0.2, 0) is 16.6 Å². The normalized spacial score (nSPS) is 11.4. The second-order valence-electron chi connectivity index (χ2n) is 3.83. The van der Waals surface area contributed by atoms with Crippen molar-refractivity contribution in [2.75, 3.05) is 12.8 Å². The Kier molecular flexibility index (Phi) is 3.72. The van der Waals surface area contributed by atoms with E-state index in [0.717, 1.165) is 5.56 Å². The molecule has 1 heterocycles. The summed E-state index contributed by atoms with van der Waals surface area (Å²) in [6.45, 7) is 0.158. The second-order valence-corrected chi connectivity index (χ2v) is 5.60. The average Bonchev–Trinajstić information content (AvgIpc) is 2.90. The highest BCUT2D eigenvalue weighted by molar-refractivity contribution is 7.89. The number of nitrogens with two attached hydrogens (primary N) is 1. The molecule has 1 aromatic heterocycles. The van der Waals surface area contributed by atoms with Gasteiger partial charge in [0.25, 0.3) is 0 Å². The van der Waals surface area contributed by atoms with Crippen molar-refractivity contribution in [3.8, 4) is 5.75 Å². The molecule has 0 bridgehead atoms. The van der Waals surface area contributed by atoms with Gasteiger partial charge in [-0.2, -0.15) is 5.10 Å². The molecular weight excluding hydrogens is 268 g/mol. The monoisotopic (exact) mass is 282 g/mol. The molecule has 0 aliphatic heterocycles. The van der Waals surface area contributed by atoms with E-state index in [1.54, 1.807) is 12.4 Å². The molecule has 0 saturated carbocycles. The minimum absolute atomic E-state index is 0.0991. The fraction of sp³-hybridized carbons (Fsp3) is 0.182. The molecule has 2 rings (SSSR count). The van der Waals surface area contributed by atoms with Crippen LogP contribution in [-0.4, -0.2) is 25.7 Å². The van der Waals surface area contributed by atoms with Gasteiger partial charge in [0.05, 0.1) is 23.9 Å². The number of rotatable bonds is 5. The maximum Gasteiger partial charge on any atom is 0.241 e. The Hall–Kier alpha value is -2.06. The number of hydrogen-bond acceptors (Lipinski definition) is 5. The lowest BCUT2D eigenvalue weighted by Crippen LogP contribution is -2.23. The molecule has 8 heteroatoms. The maximum atomic E-state index is 12.1. The summed E-state index contributed by atoms with van der Waals surface area (Å²) in [6, 6.07) is 4.30. The third kappa shape index (κ3) is 3.04. The summed E-state index contributed by atoms with van der Waals surface area (Å²) in [7, 11) is -2.18. The number of nitrogen functional groups attached to an aromatic ring is 1. The summed E-state index contributed by atoms with van der Waals surface area (Å²) in [5, 5.41) is 6.35. The number of methoxy groups -OCH3 is 1. The molecular formula is C11H14N4O3S. The van der Waals surface area contributed by atoms with E-state index in [2.05, 4.69) is 14.9 Å². The third-order valence-corrected chi connectivity index (χ3v) is 3.94. The van der Waals surface area contributed by atoms with Gasteiger partial charge in [-0.25, -0.2) is 13.1 Å². The van der Waals surface area contributed by atoms with Gasteiger partial charge in [0.1, 0.15) is 5.75 Å². The van der Waals surface area contributed by atoms with Crippen molar-refractivity contribution >= 4 is 15.7 Å². The molecule has 0 atom stereocenters. The van der Waals surface area contributed by atoms with Crippen molar-refractivity contribution in [2.24, 2.45) is 0 Å². The van der Waals surface area contributed by atoms with Crippen molar-refractivity contribution in [3.63, 3.8) is 0 Å². The Balaban J connectivity index is 2.19. The van der Waals surface area contributed by atoms with Crippen LogP contribution in [0.5, 0.6) is 5.75 Å². The zero-order valence-electron chi connectivity index (χ0n) is 10.3. The first-order chi connectivity index (χ1) is 9.03. The smallest absolute Gasteiger partial charge is 0.241 e. The lowest BCUT2D eigenvalue weighted by Gasteiger charge is -2.09. The van der Waals surface area contributed by atoms with Crippen LogP contribution in [0.4, 0.5) is 5.69 Å². The standard InChI is InChI=1S/C11H14N4O3S/c1-18-11-4-9(2-3-10(11)12)19(16,17)15-7-8-5-13-14-6-8/h2-6,15H,7,12H2,1H3,(H,13,14). The predicted octanol–water partition coefficient (Wildman–Crippen LogP) is 0.479. The van der Waals surface area contributed by atoms with E-state index in [0.29, 0.717) is 11.4 Å². The lowest BCUT2D eigenvalue weighted by molar-refractivity contribution is 0.415. The van der Waals surface area contributed by atoms with Crippen molar-refractivity contribution in [1.82, 2.24) is 14.9 Å². The number of anilines is 1. The Morgan fingerprint density at radius 1 is 1.47 bits per heavy atom. The van der Waals surface area contributed by atoms with Crippen LogP contribution in [0, 0.1) is 0 Å². The number of benzene rings is 1. The third-order valence-electron chi connectivity index (χ3n) is 2.54. The van der Waals surface area contributed by atoms with Crippen molar-refractivity contribution < 1.29 is 13.2 Å². The SMILES string of the molecule is COc1cc(S(=O)(=O)NCc2cn[nH]c2)ccc1N. The van der Waals surface area contributed by atoms with E-state index < -0.39 is 10.0 Å². The first-order valence-corrected chi connectivity index (χ1v) is 6.92. The van der Waals surface area contributed by atoms with Crippen LogP contribution in [0.1, 0.15) is 5.56 Å². The zero-order chi connectivity index (χ0) is 13.9. The van der Waals surface area contributed by atoms with E-state index in [9.17, 15) is 8.42 Å². The number of H-pyrrole nitrogens is 1. The zero-order valence-corrected chi connectivity index (χ0v) is 11.1. The molecule has 0 aliphatic rings. The highest BCUT2D eigenvalue weighted by atomic mass is 32.2. The Labute approximate surface area is 110 Å². The van der Waals surface area contributed by atoms with Gasteiger partial charge < -0.3 is 10.5 Å². The van der Waals surface area contributed by atoms with Gasteiger partial charge in [-0.1, -0.05) is 0 Å². The number of sulfonamides is 1. The van der Waals surface area contributed by atoms with Gasteiger partial charge in [0, 0.05) is 24.4 Å². The molecule has 0 aliphatic carbocycles. The number of ether oxygens (including phenoxy) is 1. The van der Waals surface area contributed by atoms with Crippen LogP contribution >= 0.6 is 0 Å². The van der Waals surface area contributed by atoms with Crippen molar-refractivity contribution in [1.29, 1.82) is 0 Å². The van der Waals surface area contributed by atoms with Crippen LogP contribution in [0.15, 0.2) is 35.5 Å². The molecule has 19 heavy (non-hydrogen) atoms. The van der Waals surface area contributed by atoms with E-state index >= 15 is 0 Å². The predicted molar refractivity (Wildman–Crippen MR) is 70.0 cm³/mol. The Bertz CT molecular complexity index is 653. The molecule has 102 valence electrons. The summed E-state index contributed by atoms with van der Waals surface area (Å²) in [5.74, 6) is 0.325. The maximum absolute atomic E-state index is 12.1. The van der Waals surface area contributed by atoms with Gasteiger partial charge in [-0.05, 0) is 12.1 Å². The number of nitrogens with zero attached hydrogens (tertiary/aromatic N) is 1. The number of hydrogen-bond donors (Lipinski definition) is 3. The quantitative estimate of drug-likeness (QED) is 0.691. The largest absolute Gasteiger partial charge is 0.495 e. The van der Waals surface area contributed by atoms with E-state index in [1.165, 1.54) is 25.3 Å². The van der Waals surface area contributed by atoms with Gasteiger partial charge in [0.15, 0.2) is 0 Å². The fourth-order valence-corrected chi connectivity index (χ4v) is 2.53. The molecule has 0 unspecified atom stereocenters. The number of nitrogens with one attached hydrogen (secondary N) is 2. The highest BCUT2D eigenvalue weighted by Crippen LogP contribution is 2.24. The molecule has 1 aromatic carbocycles. The topological polar surface area (TPSA) is 110 Å². The van der Waals surface area contributed by atoms with Gasteiger partial charge in [0.2, 0.25) is 10.0 Å². The van der Waals surface area contributed by atoms with Crippen molar-refractivity contribution in [3.05, 3.63) is 36.2 Å². The minimum Gasteiger partial charge on any atom is -0.495 e. The highest BCUT2D eigenvalue weighted by Gasteiger charge is 2.15. The van der Waals surface area contributed by atoms with Crippen LogP contribution in [0.3, 0.4) is 0 Å². The Morgan fingerprint density at radius 2 is 2.26 bits per heavy atom. The summed E-state index contributed by atoms with van der Waals surface area (Å²) in [5.41, 5.74) is 6.77. The molecule has 0 radical (unpaired) electrons. The molecule has 0 saturated heterocycles. The van der Waals surface area contributed by atoms with Gasteiger partial charge >= 0.3 is 0 Å². The summed E-state index contributed by atoms with van der Waals surface area (Å²) in [4.78, 5) is 0.0991. The Morgan fingerprint density at radius 3 is 2.89 bits per heavy atom. The average molecular weight is 282 g/mol. The van der Waals surface area contributed by atoms with E-state index in [-0.39, 0.29) is 11.4 Å². The first-order valence-electron chi connectivity index (χ1n) is 5.44. The summed E-state index contributed by atoms with van der Waals surface area (Å²) >= 11 is 0. The molecule has 4 N–H and O–H groups in total. The second kappa shape index (κ2) is 5.29. The molecule has 0 fully saturated rings. The first kappa shape index (κ1) is 13.4. The van der Waals surface area contributed by atoms with E-state index in [4.69, 9.17) is 10.5 Å². The number of aromatic nitrogens is 2. The summed E-state index contributed by atoms with van der Waals surface area (Å²) < 4.78 is 31.6. The minimum atomic E-state index is -3.61. The van der Waals surface area contributed by atoms with Crippen LogP contribution in [0.25, 0.3) is 0 Å². The van der Waals surface area contributed by atoms with Gasteiger partial charge in [-0.15, -0.1) is 0 Å². The van der Waals surface area contributed by atoms with Crippen LogP contribution < -0.4 is 15.2 Å². The molecule has 2 aromatic rings. The van der Waals surface area contributed by atoms with E-state index in [1.807, 2.05) is 0 Å². The molecule has 0 amide bonds. The number of aromatic amines is 1. The van der Waals surface area contributed by atoms with Crippen LogP contribution in [0.2, 0.25) is 0 Å².